The summed E-state index contributed by atoms with van der Waals surface area (Å²) in [4.78, 5) is 4.33. The molecule has 0 aromatic carbocycles. The van der Waals surface area contributed by atoms with Gasteiger partial charge in [0.15, 0.2) is 0 Å². The summed E-state index contributed by atoms with van der Waals surface area (Å²) < 4.78 is 26.1. The Morgan fingerprint density at radius 1 is 1.27 bits per heavy atom. The van der Waals surface area contributed by atoms with Crippen molar-refractivity contribution < 1.29 is 8.42 Å². The standard InChI is InChI=1S/C15H22N4O2S/c1-4-19(5-2)22(20,21)14-8-9-15(16-11-14)18-17-13-7-6-12(3)10-13/h8-11H,4-7H2,1-3H3,(H,16,18). The Morgan fingerprint density at radius 2 is 2.00 bits per heavy atom. The minimum absolute atomic E-state index is 0.200. The molecular weight excluding hydrogens is 300 g/mol. The highest BCUT2D eigenvalue weighted by molar-refractivity contribution is 7.89. The third kappa shape index (κ3) is 3.72. The second-order valence-corrected chi connectivity index (χ2v) is 7.11. The molecule has 0 saturated heterocycles. The number of rotatable bonds is 6. The molecule has 0 spiro atoms. The number of hydrazone groups is 1. The van der Waals surface area contributed by atoms with Crippen LogP contribution in [-0.4, -0.2) is 36.5 Å². The fourth-order valence-electron chi connectivity index (χ4n) is 2.28. The van der Waals surface area contributed by atoms with Gasteiger partial charge in [-0.15, -0.1) is 0 Å². The molecule has 1 aliphatic carbocycles. The van der Waals surface area contributed by atoms with Crippen molar-refractivity contribution in [2.75, 3.05) is 18.5 Å². The lowest BCUT2D eigenvalue weighted by molar-refractivity contribution is 0.445. The first kappa shape index (κ1) is 16.6. The van der Waals surface area contributed by atoms with E-state index in [4.69, 9.17) is 0 Å². The van der Waals surface area contributed by atoms with Gasteiger partial charge in [-0.25, -0.2) is 13.4 Å². The number of allylic oxidation sites excluding steroid dienone is 2. The van der Waals surface area contributed by atoms with Crippen molar-refractivity contribution in [2.24, 2.45) is 5.10 Å². The van der Waals surface area contributed by atoms with Gasteiger partial charge in [0.1, 0.15) is 10.7 Å². The maximum absolute atomic E-state index is 12.3. The SMILES string of the molecule is CCN(CC)S(=O)(=O)c1ccc(NN=C2C=C(C)CC2)nc1. The summed E-state index contributed by atoms with van der Waals surface area (Å²) in [6, 6.07) is 3.19. The summed E-state index contributed by atoms with van der Waals surface area (Å²) >= 11 is 0. The molecule has 0 atom stereocenters. The van der Waals surface area contributed by atoms with Crippen LogP contribution in [0.15, 0.2) is 40.0 Å². The van der Waals surface area contributed by atoms with Crippen LogP contribution in [0.4, 0.5) is 5.82 Å². The number of nitrogens with one attached hydrogen (secondary N) is 1. The molecule has 6 nitrogen and oxygen atoms in total. The van der Waals surface area contributed by atoms with Gasteiger partial charge in [-0.05, 0) is 38.0 Å². The molecule has 0 amide bonds. The molecule has 22 heavy (non-hydrogen) atoms. The summed E-state index contributed by atoms with van der Waals surface area (Å²) in [5, 5.41) is 4.27. The number of hydrogen-bond acceptors (Lipinski definition) is 5. The van der Waals surface area contributed by atoms with Crippen molar-refractivity contribution in [3.8, 4) is 0 Å². The Morgan fingerprint density at radius 3 is 2.50 bits per heavy atom. The molecule has 0 unspecified atom stereocenters. The predicted octanol–water partition coefficient (Wildman–Crippen LogP) is 2.62. The van der Waals surface area contributed by atoms with Gasteiger partial charge in [0.25, 0.3) is 0 Å². The number of hydrogen-bond donors (Lipinski definition) is 1. The summed E-state index contributed by atoms with van der Waals surface area (Å²) in [5.74, 6) is 0.531. The predicted molar refractivity (Wildman–Crippen MR) is 88.4 cm³/mol. The van der Waals surface area contributed by atoms with E-state index in [1.807, 2.05) is 19.9 Å². The molecule has 0 aliphatic heterocycles. The van der Waals surface area contributed by atoms with Crippen molar-refractivity contribution in [3.63, 3.8) is 0 Å². The van der Waals surface area contributed by atoms with Crippen LogP contribution in [0, 0.1) is 0 Å². The Kier molecular flexibility index (Phi) is 5.31. The number of sulfonamides is 1. The van der Waals surface area contributed by atoms with E-state index in [-0.39, 0.29) is 4.90 Å². The first-order valence-corrected chi connectivity index (χ1v) is 8.87. The Hall–Kier alpha value is -1.73. The molecule has 1 aliphatic rings. The van der Waals surface area contributed by atoms with E-state index in [1.54, 1.807) is 12.1 Å². The van der Waals surface area contributed by atoms with Gasteiger partial charge in [-0.2, -0.15) is 9.41 Å². The maximum Gasteiger partial charge on any atom is 0.244 e. The third-order valence-electron chi connectivity index (χ3n) is 3.58. The van der Waals surface area contributed by atoms with Gasteiger partial charge in [-0.3, -0.25) is 5.43 Å². The smallest absolute Gasteiger partial charge is 0.244 e. The highest BCUT2D eigenvalue weighted by Gasteiger charge is 2.21. The highest BCUT2D eigenvalue weighted by atomic mass is 32.2. The molecule has 0 saturated carbocycles. The van der Waals surface area contributed by atoms with E-state index >= 15 is 0 Å². The Bertz CT molecular complexity index is 674. The zero-order valence-electron chi connectivity index (χ0n) is 13.2. The van der Waals surface area contributed by atoms with Crippen LogP contribution in [0.3, 0.4) is 0 Å². The van der Waals surface area contributed by atoms with E-state index in [2.05, 4.69) is 22.4 Å². The molecule has 0 bridgehead atoms. The molecule has 7 heteroatoms. The topological polar surface area (TPSA) is 74.7 Å². The van der Waals surface area contributed by atoms with Crippen molar-refractivity contribution >= 4 is 21.6 Å². The van der Waals surface area contributed by atoms with Crippen molar-refractivity contribution in [1.82, 2.24) is 9.29 Å². The zero-order valence-corrected chi connectivity index (χ0v) is 14.0. The van der Waals surface area contributed by atoms with Crippen LogP contribution >= 0.6 is 0 Å². The van der Waals surface area contributed by atoms with Crippen molar-refractivity contribution in [2.45, 2.75) is 38.5 Å². The quantitative estimate of drug-likeness (QED) is 0.817. The molecular formula is C15H22N4O2S. The molecule has 1 heterocycles. The van der Waals surface area contributed by atoms with Gasteiger partial charge in [0.2, 0.25) is 10.0 Å². The van der Waals surface area contributed by atoms with E-state index in [0.29, 0.717) is 18.9 Å². The summed E-state index contributed by atoms with van der Waals surface area (Å²) in [6.45, 7) is 6.60. The van der Waals surface area contributed by atoms with Gasteiger partial charge < -0.3 is 0 Å². The first-order valence-electron chi connectivity index (χ1n) is 7.43. The fourth-order valence-corrected chi connectivity index (χ4v) is 3.69. The first-order chi connectivity index (χ1) is 10.5. The minimum atomic E-state index is -3.46. The number of aromatic nitrogens is 1. The maximum atomic E-state index is 12.3. The number of nitrogens with zero attached hydrogens (tertiary/aromatic N) is 3. The summed E-state index contributed by atoms with van der Waals surface area (Å²) in [7, 11) is -3.46. The lowest BCUT2D eigenvalue weighted by atomic mass is 10.3. The molecule has 2 rings (SSSR count). The van der Waals surface area contributed by atoms with E-state index < -0.39 is 10.0 Å². The average molecular weight is 322 g/mol. The summed E-state index contributed by atoms with van der Waals surface area (Å²) in [6.07, 6.45) is 5.38. The van der Waals surface area contributed by atoms with Crippen LogP contribution in [0.2, 0.25) is 0 Å². The lowest BCUT2D eigenvalue weighted by Gasteiger charge is -2.18. The van der Waals surface area contributed by atoms with E-state index in [1.165, 1.54) is 16.1 Å². The Balaban J connectivity index is 2.11. The molecule has 1 aromatic rings. The monoisotopic (exact) mass is 322 g/mol. The normalized spacial score (nSPS) is 17.1. The summed E-state index contributed by atoms with van der Waals surface area (Å²) in [5.41, 5.74) is 5.17. The van der Waals surface area contributed by atoms with Gasteiger partial charge >= 0.3 is 0 Å². The highest BCUT2D eigenvalue weighted by Crippen LogP contribution is 2.17. The number of pyridine rings is 1. The molecule has 1 N–H and O–H groups in total. The van der Waals surface area contributed by atoms with Crippen LogP contribution in [0.5, 0.6) is 0 Å². The zero-order chi connectivity index (χ0) is 16.2. The van der Waals surface area contributed by atoms with Crippen molar-refractivity contribution in [3.05, 3.63) is 30.0 Å². The third-order valence-corrected chi connectivity index (χ3v) is 5.62. The Labute approximate surface area is 132 Å². The second kappa shape index (κ2) is 7.02. The van der Waals surface area contributed by atoms with Crippen molar-refractivity contribution in [1.29, 1.82) is 0 Å². The molecule has 120 valence electrons. The molecule has 1 aromatic heterocycles. The van der Waals surface area contributed by atoms with Gasteiger partial charge in [0, 0.05) is 19.3 Å². The second-order valence-electron chi connectivity index (χ2n) is 5.17. The van der Waals surface area contributed by atoms with Crippen LogP contribution in [0.1, 0.15) is 33.6 Å². The van der Waals surface area contributed by atoms with Gasteiger partial charge in [-0.1, -0.05) is 19.4 Å². The lowest BCUT2D eigenvalue weighted by Crippen LogP contribution is -2.30. The average Bonchev–Trinajstić information content (AvgIpc) is 2.92. The van der Waals surface area contributed by atoms with Crippen LogP contribution in [0.25, 0.3) is 0 Å². The fraction of sp³-hybridized carbons (Fsp3) is 0.467. The van der Waals surface area contributed by atoms with Gasteiger partial charge in [0.05, 0.1) is 5.71 Å². The largest absolute Gasteiger partial charge is 0.261 e. The minimum Gasteiger partial charge on any atom is -0.261 e. The van der Waals surface area contributed by atoms with E-state index in [0.717, 1.165) is 18.6 Å². The number of anilines is 1. The van der Waals surface area contributed by atoms with Crippen LogP contribution in [-0.2, 0) is 10.0 Å². The van der Waals surface area contributed by atoms with E-state index in [9.17, 15) is 8.42 Å². The molecule has 0 radical (unpaired) electrons. The van der Waals surface area contributed by atoms with Crippen LogP contribution < -0.4 is 5.43 Å². The molecule has 0 fully saturated rings.